The van der Waals surface area contributed by atoms with Crippen LogP contribution >= 0.6 is 0 Å². The van der Waals surface area contributed by atoms with Gasteiger partial charge in [-0.1, -0.05) is 12.1 Å². The average Bonchev–Trinajstić information content (AvgIpc) is 2.60. The molecule has 0 fully saturated rings. The zero-order valence-corrected chi connectivity index (χ0v) is 12.9. The molecule has 1 N–H and O–H groups in total. The molecular weight excluding hydrogens is 276 g/mol. The molecule has 1 aromatic heterocycles. The van der Waals surface area contributed by atoms with Gasteiger partial charge in [0, 0.05) is 25.2 Å². The van der Waals surface area contributed by atoms with E-state index in [4.69, 9.17) is 4.74 Å². The van der Waals surface area contributed by atoms with Crippen molar-refractivity contribution in [2.75, 3.05) is 31.4 Å². The summed E-state index contributed by atoms with van der Waals surface area (Å²) in [6.07, 6.45) is 0. The van der Waals surface area contributed by atoms with Gasteiger partial charge in [-0.05, 0) is 36.4 Å². The van der Waals surface area contributed by atoms with Crippen LogP contribution in [0.3, 0.4) is 0 Å². The van der Waals surface area contributed by atoms with Crippen LogP contribution in [0.15, 0.2) is 48.5 Å². The highest BCUT2D eigenvalue weighted by atomic mass is 16.5. The van der Waals surface area contributed by atoms with Crippen LogP contribution in [0.1, 0.15) is 0 Å². The van der Waals surface area contributed by atoms with Crippen LogP contribution < -0.4 is 15.0 Å². The van der Waals surface area contributed by atoms with Crippen LogP contribution in [0.5, 0.6) is 5.75 Å². The predicted octanol–water partition coefficient (Wildman–Crippen LogP) is 3.45. The van der Waals surface area contributed by atoms with Crippen molar-refractivity contribution in [1.82, 2.24) is 9.97 Å². The molecule has 0 bridgehead atoms. The zero-order valence-electron chi connectivity index (χ0n) is 12.9. The minimum atomic E-state index is 0.606. The molecule has 0 atom stereocenters. The van der Waals surface area contributed by atoms with Crippen molar-refractivity contribution in [1.29, 1.82) is 0 Å². The first kappa shape index (κ1) is 14.1. The van der Waals surface area contributed by atoms with Gasteiger partial charge in [0.2, 0.25) is 5.95 Å². The van der Waals surface area contributed by atoms with Crippen molar-refractivity contribution in [2.45, 2.75) is 0 Å². The van der Waals surface area contributed by atoms with Gasteiger partial charge in [0.05, 0.1) is 12.6 Å². The van der Waals surface area contributed by atoms with E-state index >= 15 is 0 Å². The number of para-hydroxylation sites is 1. The van der Waals surface area contributed by atoms with Crippen molar-refractivity contribution >= 4 is 28.4 Å². The van der Waals surface area contributed by atoms with Crippen molar-refractivity contribution in [2.24, 2.45) is 0 Å². The van der Waals surface area contributed by atoms with Gasteiger partial charge >= 0.3 is 0 Å². The summed E-state index contributed by atoms with van der Waals surface area (Å²) in [7, 11) is 5.48. The lowest BCUT2D eigenvalue weighted by atomic mass is 10.2. The monoisotopic (exact) mass is 294 g/mol. The summed E-state index contributed by atoms with van der Waals surface area (Å²) in [5.41, 5.74) is 1.95. The van der Waals surface area contributed by atoms with Crippen LogP contribution in [-0.2, 0) is 0 Å². The normalized spacial score (nSPS) is 10.5. The average molecular weight is 294 g/mol. The number of aromatic nitrogens is 2. The van der Waals surface area contributed by atoms with E-state index in [0.29, 0.717) is 5.95 Å². The zero-order chi connectivity index (χ0) is 15.5. The van der Waals surface area contributed by atoms with Crippen LogP contribution in [-0.4, -0.2) is 31.2 Å². The lowest BCUT2D eigenvalue weighted by molar-refractivity contribution is 0.415. The molecule has 0 spiro atoms. The van der Waals surface area contributed by atoms with Crippen molar-refractivity contribution in [3.8, 4) is 5.75 Å². The smallest absolute Gasteiger partial charge is 0.224 e. The summed E-state index contributed by atoms with van der Waals surface area (Å²) >= 11 is 0. The number of benzene rings is 2. The Bertz CT molecular complexity index is 786. The lowest BCUT2D eigenvalue weighted by Crippen LogP contribution is -2.13. The van der Waals surface area contributed by atoms with Gasteiger partial charge in [0.15, 0.2) is 0 Å². The predicted molar refractivity (Wildman–Crippen MR) is 90.1 cm³/mol. The molecular formula is C17H18N4O. The molecule has 0 saturated carbocycles. The fraction of sp³-hybridized carbons (Fsp3) is 0.176. The maximum absolute atomic E-state index is 5.21. The molecule has 0 aliphatic heterocycles. The topological polar surface area (TPSA) is 50.3 Å². The number of anilines is 3. The Morgan fingerprint density at radius 3 is 2.41 bits per heavy atom. The van der Waals surface area contributed by atoms with E-state index in [-0.39, 0.29) is 0 Å². The number of methoxy groups -OCH3 is 1. The molecule has 3 aromatic rings. The fourth-order valence-corrected chi connectivity index (χ4v) is 2.36. The second-order valence-electron chi connectivity index (χ2n) is 4.90. The molecule has 5 heteroatoms. The Hall–Kier alpha value is -2.82. The van der Waals surface area contributed by atoms with Gasteiger partial charge in [-0.25, -0.2) is 4.98 Å². The third kappa shape index (κ3) is 2.53. The minimum Gasteiger partial charge on any atom is -0.497 e. The number of nitrogens with zero attached hydrogens (tertiary/aromatic N) is 3. The Labute approximate surface area is 129 Å². The third-order valence-corrected chi connectivity index (χ3v) is 3.58. The first-order chi connectivity index (χ1) is 10.7. The largest absolute Gasteiger partial charge is 0.497 e. The molecule has 0 radical (unpaired) electrons. The van der Waals surface area contributed by atoms with Crippen LogP contribution in [0.4, 0.5) is 17.5 Å². The molecule has 112 valence electrons. The first-order valence-electron chi connectivity index (χ1n) is 7.05. The SMILES string of the molecule is CNc1nc(N(C)c2ccc(OC)cc2)c2ccccc2n1. The quantitative estimate of drug-likeness (QED) is 0.798. The summed E-state index contributed by atoms with van der Waals surface area (Å²) in [6, 6.07) is 15.9. The van der Waals surface area contributed by atoms with Crippen molar-refractivity contribution in [3.05, 3.63) is 48.5 Å². The van der Waals surface area contributed by atoms with Gasteiger partial charge in [-0.15, -0.1) is 0 Å². The van der Waals surface area contributed by atoms with Crippen molar-refractivity contribution < 1.29 is 4.74 Å². The Morgan fingerprint density at radius 2 is 1.73 bits per heavy atom. The number of hydrogen-bond acceptors (Lipinski definition) is 5. The summed E-state index contributed by atoms with van der Waals surface area (Å²) in [6.45, 7) is 0. The van der Waals surface area contributed by atoms with E-state index in [1.54, 1.807) is 7.11 Å². The molecule has 1 heterocycles. The number of hydrogen-bond donors (Lipinski definition) is 1. The summed E-state index contributed by atoms with van der Waals surface area (Å²) in [5, 5.41) is 4.03. The van der Waals surface area contributed by atoms with Crippen LogP contribution in [0, 0.1) is 0 Å². The summed E-state index contributed by atoms with van der Waals surface area (Å²) in [5.74, 6) is 2.30. The number of nitrogens with one attached hydrogen (secondary N) is 1. The van der Waals surface area contributed by atoms with Gasteiger partial charge < -0.3 is 15.0 Å². The molecule has 5 nitrogen and oxygen atoms in total. The third-order valence-electron chi connectivity index (χ3n) is 3.58. The van der Waals surface area contributed by atoms with E-state index < -0.39 is 0 Å². The molecule has 22 heavy (non-hydrogen) atoms. The highest BCUT2D eigenvalue weighted by Crippen LogP contribution is 2.30. The molecule has 0 saturated heterocycles. The van der Waals surface area contributed by atoms with E-state index in [0.717, 1.165) is 28.2 Å². The molecule has 3 rings (SSSR count). The summed E-state index contributed by atoms with van der Waals surface area (Å²) < 4.78 is 5.21. The number of fused-ring (bicyclic) bond motifs is 1. The maximum Gasteiger partial charge on any atom is 0.224 e. The van der Waals surface area contributed by atoms with Gasteiger partial charge in [0.25, 0.3) is 0 Å². The van der Waals surface area contributed by atoms with E-state index in [9.17, 15) is 0 Å². The Kier molecular flexibility index (Phi) is 3.78. The van der Waals surface area contributed by atoms with Gasteiger partial charge in [0.1, 0.15) is 11.6 Å². The van der Waals surface area contributed by atoms with Crippen LogP contribution in [0.2, 0.25) is 0 Å². The van der Waals surface area contributed by atoms with E-state index in [2.05, 4.69) is 15.3 Å². The number of ether oxygens (including phenoxy) is 1. The van der Waals surface area contributed by atoms with Crippen molar-refractivity contribution in [3.63, 3.8) is 0 Å². The molecule has 0 aliphatic carbocycles. The second kappa shape index (κ2) is 5.89. The standard InChI is InChI=1S/C17H18N4O/c1-18-17-19-15-7-5-4-6-14(15)16(20-17)21(2)12-8-10-13(22-3)11-9-12/h4-11H,1-3H3,(H,18,19,20). The minimum absolute atomic E-state index is 0.606. The van der Waals surface area contributed by atoms with E-state index in [1.807, 2.05) is 67.5 Å². The molecule has 0 unspecified atom stereocenters. The van der Waals surface area contributed by atoms with E-state index in [1.165, 1.54) is 0 Å². The number of rotatable bonds is 4. The van der Waals surface area contributed by atoms with Gasteiger partial charge in [-0.3, -0.25) is 0 Å². The second-order valence-corrected chi connectivity index (χ2v) is 4.90. The molecule has 0 aliphatic rings. The van der Waals surface area contributed by atoms with Crippen LogP contribution in [0.25, 0.3) is 10.9 Å². The molecule has 0 amide bonds. The molecule has 2 aromatic carbocycles. The highest BCUT2D eigenvalue weighted by Gasteiger charge is 2.12. The maximum atomic E-state index is 5.21. The Balaban J connectivity index is 2.10. The first-order valence-corrected chi connectivity index (χ1v) is 7.05. The highest BCUT2D eigenvalue weighted by molar-refractivity contribution is 5.92. The lowest BCUT2D eigenvalue weighted by Gasteiger charge is -2.21. The summed E-state index contributed by atoms with van der Waals surface area (Å²) in [4.78, 5) is 11.1. The van der Waals surface area contributed by atoms with Gasteiger partial charge in [-0.2, -0.15) is 4.98 Å². The fourth-order valence-electron chi connectivity index (χ4n) is 2.36. The Morgan fingerprint density at radius 1 is 1.00 bits per heavy atom.